The van der Waals surface area contributed by atoms with Gasteiger partial charge in [0, 0.05) is 43.2 Å². The summed E-state index contributed by atoms with van der Waals surface area (Å²) in [5.74, 6) is 0.147. The SMILES string of the molecule is COc1ccc(C(=O)N2CCN(C)CC2)cc1NC(=O)/C=C\c1csc(C)n1. The van der Waals surface area contributed by atoms with Crippen LogP contribution in [0, 0.1) is 6.92 Å². The number of methoxy groups -OCH3 is 1. The number of likely N-dealkylation sites (N-methyl/N-ethyl adjacent to an activating group) is 1. The Hall–Kier alpha value is -2.71. The Morgan fingerprint density at radius 2 is 2.00 bits per heavy atom. The standard InChI is InChI=1S/C20H24N4O3S/c1-14-21-16(13-28-14)5-7-19(25)22-17-12-15(4-6-18(17)27-3)20(26)24-10-8-23(2)9-11-24/h4-7,12-13H,8-11H2,1-3H3,(H,22,25)/b7-5-. The average Bonchev–Trinajstić information content (AvgIpc) is 3.11. The molecule has 1 aliphatic rings. The molecule has 0 bridgehead atoms. The summed E-state index contributed by atoms with van der Waals surface area (Å²) in [6.07, 6.45) is 3.08. The summed E-state index contributed by atoms with van der Waals surface area (Å²) in [6.45, 7) is 5.01. The summed E-state index contributed by atoms with van der Waals surface area (Å²) in [7, 11) is 3.57. The second-order valence-electron chi connectivity index (χ2n) is 6.62. The molecule has 0 radical (unpaired) electrons. The van der Waals surface area contributed by atoms with E-state index in [0.29, 0.717) is 30.1 Å². The van der Waals surface area contributed by atoms with Gasteiger partial charge >= 0.3 is 0 Å². The first-order valence-corrected chi connectivity index (χ1v) is 9.91. The number of anilines is 1. The number of nitrogens with zero attached hydrogens (tertiary/aromatic N) is 3. The van der Waals surface area contributed by atoms with Crippen molar-refractivity contribution in [2.75, 3.05) is 45.7 Å². The molecule has 1 aromatic carbocycles. The fourth-order valence-electron chi connectivity index (χ4n) is 2.92. The molecule has 0 aliphatic carbocycles. The smallest absolute Gasteiger partial charge is 0.254 e. The predicted molar refractivity (Wildman–Crippen MR) is 111 cm³/mol. The largest absolute Gasteiger partial charge is 0.495 e. The van der Waals surface area contributed by atoms with Crippen LogP contribution in [0.3, 0.4) is 0 Å². The Morgan fingerprint density at radius 1 is 1.25 bits per heavy atom. The van der Waals surface area contributed by atoms with Crippen LogP contribution in [0.5, 0.6) is 5.75 Å². The number of rotatable bonds is 5. The number of nitrogens with one attached hydrogen (secondary N) is 1. The summed E-state index contributed by atoms with van der Waals surface area (Å²) < 4.78 is 5.33. The zero-order chi connectivity index (χ0) is 20.1. The normalized spacial score (nSPS) is 15.0. The van der Waals surface area contributed by atoms with Gasteiger partial charge in [-0.05, 0) is 38.2 Å². The molecular weight excluding hydrogens is 376 g/mol. The van der Waals surface area contributed by atoms with Crippen molar-refractivity contribution in [1.82, 2.24) is 14.8 Å². The van der Waals surface area contributed by atoms with Gasteiger partial charge in [0.05, 0.1) is 23.5 Å². The van der Waals surface area contributed by atoms with E-state index in [1.54, 1.807) is 24.3 Å². The highest BCUT2D eigenvalue weighted by Crippen LogP contribution is 2.26. The number of piperazine rings is 1. The molecule has 2 heterocycles. The van der Waals surface area contributed by atoms with Crippen molar-refractivity contribution >= 4 is 34.9 Å². The molecule has 0 spiro atoms. The molecule has 2 amide bonds. The van der Waals surface area contributed by atoms with E-state index in [2.05, 4.69) is 15.2 Å². The Bertz CT molecular complexity index is 885. The van der Waals surface area contributed by atoms with Gasteiger partial charge in [-0.25, -0.2) is 4.98 Å². The summed E-state index contributed by atoms with van der Waals surface area (Å²) in [4.78, 5) is 33.4. The maximum atomic E-state index is 12.8. The second kappa shape index (κ2) is 8.99. The van der Waals surface area contributed by atoms with E-state index in [1.165, 1.54) is 24.5 Å². The van der Waals surface area contributed by atoms with Crippen LogP contribution in [0.1, 0.15) is 21.1 Å². The summed E-state index contributed by atoms with van der Waals surface area (Å²) >= 11 is 1.53. The van der Waals surface area contributed by atoms with Gasteiger partial charge in [0.25, 0.3) is 5.91 Å². The van der Waals surface area contributed by atoms with Crippen molar-refractivity contribution in [3.63, 3.8) is 0 Å². The molecule has 7 nitrogen and oxygen atoms in total. The first-order valence-electron chi connectivity index (χ1n) is 9.03. The molecule has 8 heteroatoms. The number of amides is 2. The Balaban J connectivity index is 1.72. The Labute approximate surface area is 168 Å². The molecule has 1 aromatic heterocycles. The lowest BCUT2D eigenvalue weighted by Crippen LogP contribution is -2.47. The van der Waals surface area contributed by atoms with Crippen molar-refractivity contribution in [3.8, 4) is 5.75 Å². The summed E-state index contributed by atoms with van der Waals surface area (Å²) in [5, 5.41) is 5.62. The number of hydrogen-bond acceptors (Lipinski definition) is 6. The van der Waals surface area contributed by atoms with Crippen molar-refractivity contribution in [1.29, 1.82) is 0 Å². The molecule has 0 saturated carbocycles. The molecule has 0 atom stereocenters. The van der Waals surface area contributed by atoms with Gasteiger partial charge in [0.15, 0.2) is 0 Å². The number of thiazole rings is 1. The van der Waals surface area contributed by atoms with E-state index in [-0.39, 0.29) is 11.8 Å². The van der Waals surface area contributed by atoms with Crippen LogP contribution >= 0.6 is 11.3 Å². The van der Waals surface area contributed by atoms with Crippen LogP contribution in [-0.2, 0) is 4.79 Å². The second-order valence-corrected chi connectivity index (χ2v) is 7.69. The van der Waals surface area contributed by atoms with Gasteiger partial charge in [-0.15, -0.1) is 11.3 Å². The van der Waals surface area contributed by atoms with Gasteiger partial charge in [-0.1, -0.05) is 0 Å². The molecule has 0 unspecified atom stereocenters. The van der Waals surface area contributed by atoms with Crippen LogP contribution in [-0.4, -0.2) is 66.9 Å². The number of benzene rings is 1. The minimum Gasteiger partial charge on any atom is -0.495 e. The lowest BCUT2D eigenvalue weighted by atomic mass is 10.1. The van der Waals surface area contributed by atoms with Crippen molar-refractivity contribution < 1.29 is 14.3 Å². The molecule has 28 heavy (non-hydrogen) atoms. The molecular formula is C20H24N4O3S. The highest BCUT2D eigenvalue weighted by atomic mass is 32.1. The van der Waals surface area contributed by atoms with E-state index in [9.17, 15) is 9.59 Å². The lowest BCUT2D eigenvalue weighted by Gasteiger charge is -2.32. The first-order chi connectivity index (χ1) is 13.5. The molecule has 1 aliphatic heterocycles. The van der Waals surface area contributed by atoms with E-state index in [1.807, 2.05) is 24.3 Å². The van der Waals surface area contributed by atoms with Crippen molar-refractivity contribution in [2.24, 2.45) is 0 Å². The number of aryl methyl sites for hydroxylation is 1. The highest BCUT2D eigenvalue weighted by Gasteiger charge is 2.21. The lowest BCUT2D eigenvalue weighted by molar-refractivity contribution is -0.111. The van der Waals surface area contributed by atoms with Crippen LogP contribution in [0.2, 0.25) is 0 Å². The number of carbonyl (C=O) groups is 2. The minimum absolute atomic E-state index is 0.0419. The zero-order valence-electron chi connectivity index (χ0n) is 16.3. The zero-order valence-corrected chi connectivity index (χ0v) is 17.1. The van der Waals surface area contributed by atoms with Crippen LogP contribution < -0.4 is 10.1 Å². The van der Waals surface area contributed by atoms with Crippen LogP contribution in [0.4, 0.5) is 5.69 Å². The van der Waals surface area contributed by atoms with Crippen LogP contribution in [0.25, 0.3) is 6.08 Å². The molecule has 1 saturated heterocycles. The fraction of sp³-hybridized carbons (Fsp3) is 0.350. The first kappa shape index (κ1) is 20.0. The quantitative estimate of drug-likeness (QED) is 0.781. The molecule has 2 aromatic rings. The van der Waals surface area contributed by atoms with Gasteiger partial charge in [-0.2, -0.15) is 0 Å². The minimum atomic E-state index is -0.312. The molecule has 1 fully saturated rings. The molecule has 1 N–H and O–H groups in total. The number of aromatic nitrogens is 1. The van der Waals surface area contributed by atoms with Gasteiger partial charge in [-0.3, -0.25) is 9.59 Å². The maximum absolute atomic E-state index is 12.8. The van der Waals surface area contributed by atoms with Gasteiger partial charge in [0.2, 0.25) is 5.91 Å². The summed E-state index contributed by atoms with van der Waals surface area (Å²) in [5.41, 5.74) is 1.73. The number of hydrogen-bond donors (Lipinski definition) is 1. The maximum Gasteiger partial charge on any atom is 0.254 e. The van der Waals surface area contributed by atoms with Crippen molar-refractivity contribution in [3.05, 3.63) is 45.9 Å². The predicted octanol–water partition coefficient (Wildman–Crippen LogP) is 2.50. The third-order valence-corrected chi connectivity index (χ3v) is 5.33. The third kappa shape index (κ3) is 4.96. The highest BCUT2D eigenvalue weighted by molar-refractivity contribution is 7.09. The van der Waals surface area contributed by atoms with Crippen LogP contribution in [0.15, 0.2) is 29.7 Å². The van der Waals surface area contributed by atoms with E-state index in [4.69, 9.17) is 4.74 Å². The topological polar surface area (TPSA) is 74.8 Å². The summed E-state index contributed by atoms with van der Waals surface area (Å²) in [6, 6.07) is 5.09. The number of ether oxygens (including phenoxy) is 1. The van der Waals surface area contributed by atoms with E-state index < -0.39 is 0 Å². The monoisotopic (exact) mass is 400 g/mol. The molecule has 148 valence electrons. The van der Waals surface area contributed by atoms with Crippen molar-refractivity contribution in [2.45, 2.75) is 6.92 Å². The van der Waals surface area contributed by atoms with E-state index >= 15 is 0 Å². The Morgan fingerprint density at radius 3 is 2.64 bits per heavy atom. The molecule has 3 rings (SSSR count). The van der Waals surface area contributed by atoms with E-state index in [0.717, 1.165) is 23.8 Å². The third-order valence-electron chi connectivity index (χ3n) is 4.54. The van der Waals surface area contributed by atoms with Gasteiger partial charge in [0.1, 0.15) is 5.75 Å². The average molecular weight is 401 g/mol. The Kier molecular flexibility index (Phi) is 6.43. The van der Waals surface area contributed by atoms with Gasteiger partial charge < -0.3 is 19.9 Å². The fourth-order valence-corrected chi connectivity index (χ4v) is 3.50. The number of carbonyl (C=O) groups excluding carboxylic acids is 2.